The molecule has 0 aliphatic rings. The molecule has 0 fully saturated rings. The molecule has 0 aromatic carbocycles. The van der Waals surface area contributed by atoms with Gasteiger partial charge in [-0.1, -0.05) is 13.3 Å². The third kappa shape index (κ3) is 9.44. The van der Waals surface area contributed by atoms with Gasteiger partial charge in [-0.3, -0.25) is 4.21 Å². The van der Waals surface area contributed by atoms with Crippen LogP contribution in [0.25, 0.3) is 0 Å². The zero-order chi connectivity index (χ0) is 5.70. The molecule has 0 bridgehead atoms. The van der Waals surface area contributed by atoms with Gasteiger partial charge in [0.2, 0.25) is 0 Å². The Morgan fingerprint density at radius 2 is 2.00 bits per heavy atom. The van der Waals surface area contributed by atoms with Crippen LogP contribution in [0.4, 0.5) is 0 Å². The second-order valence-electron chi connectivity index (χ2n) is 1.63. The normalized spacial score (nSPS) is 12.2. The molecule has 0 rings (SSSR count). The summed E-state index contributed by atoms with van der Waals surface area (Å²) in [5, 5.41) is 0. The predicted molar refractivity (Wildman–Crippen MR) is 37.5 cm³/mol. The van der Waals surface area contributed by atoms with Crippen molar-refractivity contribution in [2.75, 3.05) is 12.0 Å². The lowest BCUT2D eigenvalue weighted by Gasteiger charge is -1.88. The number of hydrogen-bond acceptors (Lipinski definition) is 1. The lowest BCUT2D eigenvalue weighted by molar-refractivity contribution is 0.683. The second-order valence-corrected chi connectivity index (χ2v) is 3.19. The Kier molecular flexibility index (Phi) is 9.76. The summed E-state index contributed by atoms with van der Waals surface area (Å²) in [6.45, 7) is 2.10. The van der Waals surface area contributed by atoms with Gasteiger partial charge >= 0.3 is 0 Å². The quantitative estimate of drug-likeness (QED) is 0.554. The van der Waals surface area contributed by atoms with Crippen molar-refractivity contribution in [2.45, 2.75) is 19.8 Å². The molecule has 52 valence electrons. The smallest absolute Gasteiger partial charge is 0.0231 e. The molecule has 2 N–H and O–H groups in total. The van der Waals surface area contributed by atoms with Crippen LogP contribution in [-0.2, 0) is 10.8 Å². The summed E-state index contributed by atoms with van der Waals surface area (Å²) in [5.41, 5.74) is 0. The maximum atomic E-state index is 10.3. The van der Waals surface area contributed by atoms with Gasteiger partial charge in [-0.2, -0.15) is 0 Å². The minimum Gasteiger partial charge on any atom is -0.412 e. The van der Waals surface area contributed by atoms with E-state index in [-0.39, 0.29) is 5.48 Å². The second kappa shape index (κ2) is 7.11. The molecule has 0 aromatic heterocycles. The van der Waals surface area contributed by atoms with Crippen molar-refractivity contribution in [1.82, 2.24) is 0 Å². The van der Waals surface area contributed by atoms with Crippen LogP contribution in [-0.4, -0.2) is 21.7 Å². The molecule has 0 amide bonds. The minimum atomic E-state index is -0.565. The van der Waals surface area contributed by atoms with Crippen LogP contribution >= 0.6 is 0 Å². The molecule has 0 aliphatic carbocycles. The van der Waals surface area contributed by atoms with Gasteiger partial charge in [-0.05, 0) is 6.42 Å². The van der Waals surface area contributed by atoms with E-state index < -0.39 is 10.8 Å². The van der Waals surface area contributed by atoms with E-state index >= 15 is 0 Å². The molecule has 0 aliphatic heterocycles. The fourth-order valence-corrected chi connectivity index (χ4v) is 1.04. The van der Waals surface area contributed by atoms with Crippen LogP contribution < -0.4 is 0 Å². The van der Waals surface area contributed by atoms with E-state index in [2.05, 4.69) is 6.92 Å². The van der Waals surface area contributed by atoms with Crippen molar-refractivity contribution < 1.29 is 9.69 Å². The highest BCUT2D eigenvalue weighted by molar-refractivity contribution is 7.84. The standard InChI is InChI=1S/C5H12OS.H2O/c1-3-4-5-7(2)6;/h3-5H2,1-2H3;1H2. The highest BCUT2D eigenvalue weighted by atomic mass is 32.2. The summed E-state index contributed by atoms with van der Waals surface area (Å²) in [6, 6.07) is 0. The molecule has 0 heterocycles. The molecule has 0 saturated heterocycles. The Morgan fingerprint density at radius 1 is 1.50 bits per heavy atom. The Labute approximate surface area is 53.1 Å². The summed E-state index contributed by atoms with van der Waals surface area (Å²) in [4.78, 5) is 0. The predicted octanol–water partition coefficient (Wildman–Crippen LogP) is 0.340. The van der Waals surface area contributed by atoms with Crippen molar-refractivity contribution >= 4 is 10.8 Å². The summed E-state index contributed by atoms with van der Waals surface area (Å²) < 4.78 is 10.3. The van der Waals surface area contributed by atoms with Crippen LogP contribution in [0.15, 0.2) is 0 Å². The molecule has 1 atom stereocenters. The van der Waals surface area contributed by atoms with Gasteiger partial charge in [-0.25, -0.2) is 0 Å². The summed E-state index contributed by atoms with van der Waals surface area (Å²) in [6.07, 6.45) is 4.00. The summed E-state index contributed by atoms with van der Waals surface area (Å²) in [7, 11) is -0.565. The SMILES string of the molecule is CCCCS(C)=O.O. The maximum absolute atomic E-state index is 10.3. The van der Waals surface area contributed by atoms with E-state index in [0.717, 1.165) is 18.6 Å². The largest absolute Gasteiger partial charge is 0.412 e. The first-order valence-corrected chi connectivity index (χ1v) is 4.30. The van der Waals surface area contributed by atoms with E-state index in [0.29, 0.717) is 0 Å². The zero-order valence-corrected chi connectivity index (χ0v) is 6.25. The Balaban J connectivity index is 0. The first kappa shape index (κ1) is 11.0. The van der Waals surface area contributed by atoms with Crippen LogP contribution in [0.2, 0.25) is 0 Å². The molecule has 0 spiro atoms. The molecular formula is C5H14O2S. The highest BCUT2D eigenvalue weighted by Gasteiger charge is 1.85. The third-order valence-electron chi connectivity index (χ3n) is 0.785. The zero-order valence-electron chi connectivity index (χ0n) is 5.44. The average molecular weight is 138 g/mol. The van der Waals surface area contributed by atoms with E-state index in [1.165, 1.54) is 0 Å². The van der Waals surface area contributed by atoms with E-state index in [1.807, 2.05) is 0 Å². The van der Waals surface area contributed by atoms with Crippen molar-refractivity contribution in [3.05, 3.63) is 0 Å². The van der Waals surface area contributed by atoms with Gasteiger partial charge in [0, 0.05) is 22.8 Å². The van der Waals surface area contributed by atoms with Crippen molar-refractivity contribution in [1.29, 1.82) is 0 Å². The van der Waals surface area contributed by atoms with Crippen molar-refractivity contribution in [3.8, 4) is 0 Å². The van der Waals surface area contributed by atoms with E-state index in [1.54, 1.807) is 6.26 Å². The van der Waals surface area contributed by atoms with E-state index in [4.69, 9.17) is 0 Å². The first-order valence-electron chi connectivity index (χ1n) is 2.57. The monoisotopic (exact) mass is 138 g/mol. The van der Waals surface area contributed by atoms with Gasteiger partial charge < -0.3 is 5.48 Å². The molecule has 1 unspecified atom stereocenters. The van der Waals surface area contributed by atoms with Crippen LogP contribution in [0.1, 0.15) is 19.8 Å². The Hall–Kier alpha value is 0.110. The maximum Gasteiger partial charge on any atom is 0.0231 e. The Bertz CT molecular complexity index is 63.4. The van der Waals surface area contributed by atoms with Gasteiger partial charge in [0.25, 0.3) is 0 Å². The topological polar surface area (TPSA) is 48.6 Å². The molecule has 0 radical (unpaired) electrons. The van der Waals surface area contributed by atoms with Gasteiger partial charge in [0.05, 0.1) is 0 Å². The number of unbranched alkanes of at least 4 members (excludes halogenated alkanes) is 1. The minimum absolute atomic E-state index is 0. The van der Waals surface area contributed by atoms with Gasteiger partial charge in [-0.15, -0.1) is 0 Å². The van der Waals surface area contributed by atoms with Crippen molar-refractivity contribution in [3.63, 3.8) is 0 Å². The molecule has 0 saturated carbocycles. The highest BCUT2D eigenvalue weighted by Crippen LogP contribution is 1.86. The molecular weight excluding hydrogens is 124 g/mol. The van der Waals surface area contributed by atoms with Gasteiger partial charge in [0.15, 0.2) is 0 Å². The molecule has 0 aromatic rings. The fraction of sp³-hybridized carbons (Fsp3) is 1.00. The summed E-state index contributed by atoms with van der Waals surface area (Å²) >= 11 is 0. The first-order chi connectivity index (χ1) is 3.27. The van der Waals surface area contributed by atoms with Crippen molar-refractivity contribution in [2.24, 2.45) is 0 Å². The van der Waals surface area contributed by atoms with Crippen LogP contribution in [0.3, 0.4) is 0 Å². The van der Waals surface area contributed by atoms with Crippen LogP contribution in [0.5, 0.6) is 0 Å². The van der Waals surface area contributed by atoms with Crippen LogP contribution in [0, 0.1) is 0 Å². The fourth-order valence-electron chi connectivity index (χ4n) is 0.348. The lowest BCUT2D eigenvalue weighted by atomic mass is 10.4. The summed E-state index contributed by atoms with van der Waals surface area (Å²) in [5.74, 6) is 0.872. The number of hydrogen-bond donors (Lipinski definition) is 0. The average Bonchev–Trinajstić information content (AvgIpc) is 1.61. The number of rotatable bonds is 3. The third-order valence-corrected chi connectivity index (χ3v) is 1.65. The molecule has 8 heavy (non-hydrogen) atoms. The molecule has 3 heteroatoms. The van der Waals surface area contributed by atoms with Gasteiger partial charge in [0.1, 0.15) is 0 Å². The lowest BCUT2D eigenvalue weighted by Crippen LogP contribution is -1.91. The Morgan fingerprint density at radius 3 is 2.12 bits per heavy atom. The molecule has 2 nitrogen and oxygen atoms in total. The van der Waals surface area contributed by atoms with E-state index in [9.17, 15) is 4.21 Å².